The van der Waals surface area contributed by atoms with E-state index in [1.807, 2.05) is 30.3 Å². The van der Waals surface area contributed by atoms with Gasteiger partial charge in [0.2, 0.25) is 5.95 Å². The lowest BCUT2D eigenvalue weighted by atomic mass is 10.1. The van der Waals surface area contributed by atoms with Gasteiger partial charge in [-0.2, -0.15) is 4.98 Å². The van der Waals surface area contributed by atoms with Gasteiger partial charge in [0, 0.05) is 18.3 Å². The molecule has 0 amide bonds. The normalized spacial score (nSPS) is 10.7. The fourth-order valence-corrected chi connectivity index (χ4v) is 2.88. The van der Waals surface area contributed by atoms with E-state index in [0.717, 1.165) is 11.3 Å². The van der Waals surface area contributed by atoms with Crippen LogP contribution in [0, 0.1) is 0 Å². The van der Waals surface area contributed by atoms with Crippen LogP contribution in [0.3, 0.4) is 0 Å². The molecule has 0 atom stereocenters. The van der Waals surface area contributed by atoms with Gasteiger partial charge >= 0.3 is 0 Å². The second-order valence-corrected chi connectivity index (χ2v) is 5.70. The fourth-order valence-electron chi connectivity index (χ4n) is 2.55. The first-order valence-electron chi connectivity index (χ1n) is 7.49. The molecule has 3 aromatic rings. The number of rotatable bonds is 5. The highest BCUT2D eigenvalue weighted by Gasteiger charge is 2.12. The highest BCUT2D eigenvalue weighted by Crippen LogP contribution is 2.32. The Morgan fingerprint density at radius 2 is 1.80 bits per heavy atom. The van der Waals surface area contributed by atoms with Gasteiger partial charge in [-0.05, 0) is 23.8 Å². The molecule has 8 heteroatoms. The molecule has 7 nitrogen and oxygen atoms in total. The van der Waals surface area contributed by atoms with E-state index < -0.39 is 0 Å². The van der Waals surface area contributed by atoms with Crippen molar-refractivity contribution in [2.75, 3.05) is 31.0 Å². The number of nitrogen functional groups attached to an aromatic ring is 2. The van der Waals surface area contributed by atoms with Crippen molar-refractivity contribution in [1.29, 1.82) is 0 Å². The lowest BCUT2D eigenvalue weighted by Gasteiger charge is -2.13. The van der Waals surface area contributed by atoms with E-state index in [9.17, 15) is 0 Å². The molecule has 1 heterocycles. The summed E-state index contributed by atoms with van der Waals surface area (Å²) in [5, 5.41) is 4.40. The van der Waals surface area contributed by atoms with Crippen molar-refractivity contribution >= 4 is 40.0 Å². The van der Waals surface area contributed by atoms with Gasteiger partial charge in [0.25, 0.3) is 0 Å². The van der Waals surface area contributed by atoms with Crippen molar-refractivity contribution in [3.63, 3.8) is 0 Å². The minimum absolute atomic E-state index is 0.122. The molecular formula is C17H18ClN5O2. The van der Waals surface area contributed by atoms with Crippen LogP contribution in [-0.2, 0) is 6.54 Å². The first-order chi connectivity index (χ1) is 12.0. The second kappa shape index (κ2) is 6.90. The topological polar surface area (TPSA) is 108 Å². The molecule has 5 N–H and O–H groups in total. The average Bonchev–Trinajstić information content (AvgIpc) is 2.60. The maximum absolute atomic E-state index is 6.49. The predicted molar refractivity (Wildman–Crippen MR) is 100 cm³/mol. The van der Waals surface area contributed by atoms with Crippen LogP contribution in [0.15, 0.2) is 30.3 Å². The molecule has 0 aliphatic rings. The molecule has 25 heavy (non-hydrogen) atoms. The lowest BCUT2D eigenvalue weighted by molar-refractivity contribution is 0.355. The standard InChI is InChI=1S/C17H18ClN5O2/c1-24-12-6-4-10(7-13(12)25-2)21-8-9-3-5-11-14(15(9)18)16(19)23-17(20)22-11/h3-7,21H,8H2,1-2H3,(H4,19,20,22,23). The van der Waals surface area contributed by atoms with Crippen LogP contribution in [0.5, 0.6) is 11.5 Å². The first-order valence-corrected chi connectivity index (χ1v) is 7.87. The minimum Gasteiger partial charge on any atom is -0.493 e. The van der Waals surface area contributed by atoms with E-state index in [0.29, 0.717) is 34.0 Å². The summed E-state index contributed by atoms with van der Waals surface area (Å²) in [6, 6.07) is 9.28. The van der Waals surface area contributed by atoms with E-state index in [2.05, 4.69) is 15.3 Å². The van der Waals surface area contributed by atoms with Crippen LogP contribution in [0.4, 0.5) is 17.5 Å². The Balaban J connectivity index is 1.88. The number of halogens is 1. The van der Waals surface area contributed by atoms with Gasteiger partial charge in [-0.15, -0.1) is 0 Å². The molecule has 0 spiro atoms. The van der Waals surface area contributed by atoms with Crippen molar-refractivity contribution in [2.24, 2.45) is 0 Å². The number of nitrogens with two attached hydrogens (primary N) is 2. The summed E-state index contributed by atoms with van der Waals surface area (Å²) in [7, 11) is 3.19. The molecule has 0 aliphatic heterocycles. The van der Waals surface area contributed by atoms with Gasteiger partial charge in [-0.1, -0.05) is 17.7 Å². The van der Waals surface area contributed by atoms with Gasteiger partial charge in [-0.25, -0.2) is 4.98 Å². The van der Waals surface area contributed by atoms with Crippen LogP contribution in [0.1, 0.15) is 5.56 Å². The summed E-state index contributed by atoms with van der Waals surface area (Å²) >= 11 is 6.49. The van der Waals surface area contributed by atoms with E-state index in [1.165, 1.54) is 0 Å². The van der Waals surface area contributed by atoms with Crippen LogP contribution in [0.2, 0.25) is 5.02 Å². The zero-order valence-corrected chi connectivity index (χ0v) is 14.6. The molecule has 0 saturated heterocycles. The van der Waals surface area contributed by atoms with Crippen LogP contribution in [0.25, 0.3) is 10.9 Å². The molecule has 130 valence electrons. The summed E-state index contributed by atoms with van der Waals surface area (Å²) in [5.41, 5.74) is 13.9. The molecular weight excluding hydrogens is 342 g/mol. The number of hydrogen-bond acceptors (Lipinski definition) is 7. The number of methoxy groups -OCH3 is 2. The van der Waals surface area contributed by atoms with Gasteiger partial charge in [0.1, 0.15) is 5.82 Å². The number of nitrogens with zero attached hydrogens (tertiary/aromatic N) is 2. The quantitative estimate of drug-likeness (QED) is 0.642. The zero-order chi connectivity index (χ0) is 18.0. The van der Waals surface area contributed by atoms with E-state index in [-0.39, 0.29) is 11.8 Å². The number of fused-ring (bicyclic) bond motifs is 1. The third-order valence-corrected chi connectivity index (χ3v) is 4.22. The molecule has 0 bridgehead atoms. The van der Waals surface area contributed by atoms with Crippen molar-refractivity contribution in [3.8, 4) is 11.5 Å². The molecule has 1 aromatic heterocycles. The van der Waals surface area contributed by atoms with Gasteiger partial charge < -0.3 is 26.3 Å². The van der Waals surface area contributed by atoms with Crippen molar-refractivity contribution in [2.45, 2.75) is 6.54 Å². The number of nitrogens with one attached hydrogen (secondary N) is 1. The Morgan fingerprint density at radius 1 is 1.04 bits per heavy atom. The SMILES string of the molecule is COc1ccc(NCc2ccc3nc(N)nc(N)c3c2Cl)cc1OC. The minimum atomic E-state index is 0.122. The fraction of sp³-hybridized carbons (Fsp3) is 0.176. The molecule has 0 saturated carbocycles. The van der Waals surface area contributed by atoms with Crippen LogP contribution in [-0.4, -0.2) is 24.2 Å². The van der Waals surface area contributed by atoms with Crippen LogP contribution < -0.4 is 26.3 Å². The summed E-state index contributed by atoms with van der Waals surface area (Å²) in [5.74, 6) is 1.70. The van der Waals surface area contributed by atoms with Crippen LogP contribution >= 0.6 is 11.6 Å². The Labute approximate surface area is 149 Å². The van der Waals surface area contributed by atoms with Gasteiger partial charge in [0.15, 0.2) is 11.5 Å². The monoisotopic (exact) mass is 359 g/mol. The largest absolute Gasteiger partial charge is 0.493 e. The Bertz CT molecular complexity index is 933. The maximum atomic E-state index is 6.49. The highest BCUT2D eigenvalue weighted by atomic mass is 35.5. The Kier molecular flexibility index (Phi) is 4.67. The number of anilines is 3. The van der Waals surface area contributed by atoms with Crippen molar-refractivity contribution < 1.29 is 9.47 Å². The highest BCUT2D eigenvalue weighted by molar-refractivity contribution is 6.37. The van der Waals surface area contributed by atoms with Gasteiger partial charge in [-0.3, -0.25) is 0 Å². The summed E-state index contributed by atoms with van der Waals surface area (Å²) in [6.07, 6.45) is 0. The second-order valence-electron chi connectivity index (χ2n) is 5.32. The van der Waals surface area contributed by atoms with E-state index >= 15 is 0 Å². The molecule has 0 fully saturated rings. The number of aromatic nitrogens is 2. The molecule has 2 aromatic carbocycles. The third kappa shape index (κ3) is 3.32. The van der Waals surface area contributed by atoms with Gasteiger partial charge in [0.05, 0.1) is 30.1 Å². The Hall–Kier alpha value is -2.93. The smallest absolute Gasteiger partial charge is 0.222 e. The number of benzene rings is 2. The summed E-state index contributed by atoms with van der Waals surface area (Å²) in [4.78, 5) is 8.12. The van der Waals surface area contributed by atoms with Crippen molar-refractivity contribution in [1.82, 2.24) is 9.97 Å². The predicted octanol–water partition coefficient (Wildman–Crippen LogP) is 3.08. The Morgan fingerprint density at radius 3 is 2.52 bits per heavy atom. The van der Waals surface area contributed by atoms with E-state index in [1.54, 1.807) is 14.2 Å². The average molecular weight is 360 g/mol. The molecule has 0 radical (unpaired) electrons. The molecule has 0 unspecified atom stereocenters. The third-order valence-electron chi connectivity index (χ3n) is 3.79. The first kappa shape index (κ1) is 16.9. The summed E-state index contributed by atoms with van der Waals surface area (Å²) in [6.45, 7) is 0.494. The lowest BCUT2D eigenvalue weighted by Crippen LogP contribution is -2.04. The summed E-state index contributed by atoms with van der Waals surface area (Å²) < 4.78 is 10.5. The maximum Gasteiger partial charge on any atom is 0.222 e. The van der Waals surface area contributed by atoms with Crippen molar-refractivity contribution in [3.05, 3.63) is 40.9 Å². The number of hydrogen-bond donors (Lipinski definition) is 3. The molecule has 3 rings (SSSR count). The number of ether oxygens (including phenoxy) is 2. The molecule has 0 aliphatic carbocycles. The zero-order valence-electron chi connectivity index (χ0n) is 13.8. The van der Waals surface area contributed by atoms with E-state index in [4.69, 9.17) is 32.5 Å².